The second-order valence-corrected chi connectivity index (χ2v) is 8.76. The molecular weight excluding hydrogens is 376 g/mol. The molecule has 0 saturated heterocycles. The molecule has 1 aromatic carbocycles. The molecule has 5 rings (SSSR count). The molecule has 4 nitrogen and oxygen atoms in total. The van der Waals surface area contributed by atoms with Crippen LogP contribution in [0, 0.1) is 6.92 Å². The Morgan fingerprint density at radius 2 is 1.93 bits per heavy atom. The molecule has 0 bridgehead atoms. The van der Waals surface area contributed by atoms with Crippen LogP contribution in [0.1, 0.15) is 59.9 Å². The maximum Gasteiger partial charge on any atom is 0.166 e. The van der Waals surface area contributed by atoms with Crippen molar-refractivity contribution in [1.29, 1.82) is 0 Å². The van der Waals surface area contributed by atoms with Gasteiger partial charge in [-0.3, -0.25) is 9.56 Å². The number of rotatable bonds is 3. The monoisotopic (exact) mass is 396 g/mol. The molecule has 1 spiro atoms. The third kappa shape index (κ3) is 2.38. The number of fused-ring (bicyclic) bond motifs is 4. The largest absolute Gasteiger partial charge is 0.271 e. The fourth-order valence-corrected chi connectivity index (χ4v) is 5.69. The lowest BCUT2D eigenvalue weighted by atomic mass is 9.97. The molecule has 1 aliphatic carbocycles. The van der Waals surface area contributed by atoms with Gasteiger partial charge in [0, 0.05) is 21.0 Å². The normalized spacial score (nSPS) is 16.7. The van der Waals surface area contributed by atoms with Gasteiger partial charge in [0.2, 0.25) is 0 Å². The van der Waals surface area contributed by atoms with Gasteiger partial charge in [0.15, 0.2) is 5.82 Å². The van der Waals surface area contributed by atoms with E-state index in [4.69, 9.17) is 16.6 Å². The van der Waals surface area contributed by atoms with Crippen LogP contribution in [-0.2, 0) is 18.4 Å². The van der Waals surface area contributed by atoms with Crippen molar-refractivity contribution >= 4 is 28.6 Å². The summed E-state index contributed by atoms with van der Waals surface area (Å²) in [6, 6.07) is 8.05. The Bertz CT molecular complexity index is 1090. The zero-order valence-electron chi connectivity index (χ0n) is 15.7. The van der Waals surface area contributed by atoms with Gasteiger partial charge in [-0.05, 0) is 44.2 Å². The number of hydrogen-bond donors (Lipinski definition) is 0. The zero-order valence-corrected chi connectivity index (χ0v) is 17.3. The summed E-state index contributed by atoms with van der Waals surface area (Å²) in [6.45, 7) is 6.48. The Morgan fingerprint density at radius 3 is 2.59 bits per heavy atom. The summed E-state index contributed by atoms with van der Waals surface area (Å²) in [4.78, 5) is 6.73. The van der Waals surface area contributed by atoms with Crippen molar-refractivity contribution in [2.75, 3.05) is 0 Å². The second-order valence-electron chi connectivity index (χ2n) is 7.27. The molecule has 0 radical (unpaired) electrons. The van der Waals surface area contributed by atoms with Crippen LogP contribution in [-0.4, -0.2) is 20.5 Å². The number of benzene rings is 1. The van der Waals surface area contributed by atoms with Gasteiger partial charge in [0.25, 0.3) is 0 Å². The van der Waals surface area contributed by atoms with Gasteiger partial charge in [-0.1, -0.05) is 43.6 Å². The van der Waals surface area contributed by atoms with Crippen LogP contribution in [0.2, 0.25) is 5.02 Å². The predicted molar refractivity (Wildman–Crippen MR) is 111 cm³/mol. The Labute approximate surface area is 167 Å². The van der Waals surface area contributed by atoms with Crippen LogP contribution in [0.4, 0.5) is 0 Å². The summed E-state index contributed by atoms with van der Waals surface area (Å²) in [6.07, 6.45) is 4.01. The zero-order chi connectivity index (χ0) is 18.8. The van der Waals surface area contributed by atoms with Crippen LogP contribution in [0.25, 0.3) is 5.00 Å². The lowest BCUT2D eigenvalue weighted by Crippen LogP contribution is -2.12. The average Bonchev–Trinajstić information content (AvgIpc) is 3.23. The van der Waals surface area contributed by atoms with Crippen LogP contribution in [0.5, 0.6) is 0 Å². The van der Waals surface area contributed by atoms with E-state index in [0.717, 1.165) is 53.6 Å². The third-order valence-electron chi connectivity index (χ3n) is 5.61. The Kier molecular flexibility index (Phi) is 3.82. The highest BCUT2D eigenvalue weighted by Crippen LogP contribution is 2.53. The Morgan fingerprint density at radius 1 is 1.15 bits per heavy atom. The van der Waals surface area contributed by atoms with Crippen LogP contribution in [0.15, 0.2) is 29.3 Å². The third-order valence-corrected chi connectivity index (χ3v) is 7.30. The number of nitrogens with zero attached hydrogens (tertiary/aromatic N) is 4. The molecule has 0 atom stereocenters. The van der Waals surface area contributed by atoms with E-state index in [0.29, 0.717) is 0 Å². The Balaban J connectivity index is 1.90. The smallest absolute Gasteiger partial charge is 0.166 e. The van der Waals surface area contributed by atoms with Gasteiger partial charge in [0.05, 0.1) is 5.71 Å². The minimum Gasteiger partial charge on any atom is -0.271 e. The van der Waals surface area contributed by atoms with E-state index >= 15 is 0 Å². The number of aromatic nitrogens is 3. The highest BCUT2D eigenvalue weighted by atomic mass is 35.5. The maximum absolute atomic E-state index is 6.63. The molecule has 0 N–H and O–H groups in total. The maximum atomic E-state index is 6.63. The lowest BCUT2D eigenvalue weighted by Gasteiger charge is -2.12. The van der Waals surface area contributed by atoms with Crippen LogP contribution < -0.4 is 0 Å². The second kappa shape index (κ2) is 6.01. The standard InChI is InChI=1S/C21H21ClN4S/c1-4-13-16(5-2)27-19-17(13)18(14-8-6-7-9-15(14)22)23-21(10-11-21)20-25-24-12(3)26(19)20/h6-9H,4-5,10-11H2,1-3H3. The summed E-state index contributed by atoms with van der Waals surface area (Å²) in [5.74, 6) is 1.91. The fraction of sp³-hybridized carbons (Fsp3) is 0.381. The van der Waals surface area contributed by atoms with Gasteiger partial charge in [0.1, 0.15) is 16.4 Å². The Hall–Kier alpha value is -1.98. The molecule has 0 unspecified atom stereocenters. The van der Waals surface area contributed by atoms with Crippen molar-refractivity contribution in [3.8, 4) is 5.00 Å². The molecule has 0 amide bonds. The van der Waals surface area contributed by atoms with Gasteiger partial charge in [-0.25, -0.2) is 0 Å². The highest BCUT2D eigenvalue weighted by molar-refractivity contribution is 7.15. The van der Waals surface area contributed by atoms with Crippen molar-refractivity contribution in [3.63, 3.8) is 0 Å². The van der Waals surface area contributed by atoms with Crippen molar-refractivity contribution in [1.82, 2.24) is 14.8 Å². The van der Waals surface area contributed by atoms with Crippen LogP contribution >= 0.6 is 22.9 Å². The SMILES string of the molecule is CCc1sc2c(c1CC)C(c1ccccc1Cl)=NC1(CC1)c1nnc(C)n1-2. The number of halogens is 1. The molecular formula is C21H21ClN4S. The first-order valence-electron chi connectivity index (χ1n) is 9.52. The lowest BCUT2D eigenvalue weighted by molar-refractivity contribution is 0.661. The number of thiophene rings is 1. The molecule has 6 heteroatoms. The minimum absolute atomic E-state index is 0.258. The first kappa shape index (κ1) is 17.1. The van der Waals surface area contributed by atoms with Crippen molar-refractivity contribution in [2.45, 2.75) is 52.0 Å². The molecule has 27 heavy (non-hydrogen) atoms. The van der Waals surface area contributed by atoms with Gasteiger partial charge in [-0.2, -0.15) is 0 Å². The van der Waals surface area contributed by atoms with E-state index < -0.39 is 0 Å². The van der Waals surface area contributed by atoms with Crippen LogP contribution in [0.3, 0.4) is 0 Å². The molecule has 3 heterocycles. The number of aryl methyl sites for hydroxylation is 2. The molecule has 1 aliphatic heterocycles. The first-order valence-corrected chi connectivity index (χ1v) is 10.7. The molecule has 2 aliphatic rings. The summed E-state index contributed by atoms with van der Waals surface area (Å²) >= 11 is 8.48. The van der Waals surface area contributed by atoms with Gasteiger partial charge < -0.3 is 0 Å². The minimum atomic E-state index is -0.258. The topological polar surface area (TPSA) is 43.1 Å². The van der Waals surface area contributed by atoms with E-state index in [1.807, 2.05) is 36.5 Å². The predicted octanol–water partition coefficient (Wildman–Crippen LogP) is 5.26. The van der Waals surface area contributed by atoms with Crippen molar-refractivity contribution < 1.29 is 0 Å². The molecule has 1 fully saturated rings. The summed E-state index contributed by atoms with van der Waals surface area (Å²) in [5, 5.41) is 10.9. The summed E-state index contributed by atoms with van der Waals surface area (Å²) in [5.41, 5.74) is 4.38. The summed E-state index contributed by atoms with van der Waals surface area (Å²) < 4.78 is 2.25. The van der Waals surface area contributed by atoms with Gasteiger partial charge >= 0.3 is 0 Å². The number of aliphatic imine (C=N–C) groups is 1. The first-order chi connectivity index (χ1) is 13.1. The number of hydrogen-bond acceptors (Lipinski definition) is 4. The fourth-order valence-electron chi connectivity index (χ4n) is 4.09. The van der Waals surface area contributed by atoms with E-state index in [1.165, 1.54) is 21.0 Å². The highest BCUT2D eigenvalue weighted by Gasteiger charge is 2.51. The molecule has 1 saturated carbocycles. The average molecular weight is 397 g/mol. The molecule has 138 valence electrons. The van der Waals surface area contributed by atoms with Crippen molar-refractivity contribution in [2.24, 2.45) is 4.99 Å². The van der Waals surface area contributed by atoms with E-state index in [1.54, 1.807) is 0 Å². The van der Waals surface area contributed by atoms with E-state index in [9.17, 15) is 0 Å². The van der Waals surface area contributed by atoms with Crippen molar-refractivity contribution in [3.05, 3.63) is 62.5 Å². The quantitative estimate of drug-likeness (QED) is 0.606. The molecule has 3 aromatic rings. The van der Waals surface area contributed by atoms with E-state index in [2.05, 4.69) is 34.7 Å². The van der Waals surface area contributed by atoms with Gasteiger partial charge in [-0.15, -0.1) is 21.5 Å². The summed E-state index contributed by atoms with van der Waals surface area (Å²) in [7, 11) is 0. The molecule has 2 aromatic heterocycles. The van der Waals surface area contributed by atoms with E-state index in [-0.39, 0.29) is 5.54 Å².